The minimum atomic E-state index is 0.231. The van der Waals surface area contributed by atoms with Gasteiger partial charge in [0.05, 0.1) is 18.5 Å². The lowest BCUT2D eigenvalue weighted by Gasteiger charge is -2.35. The quantitative estimate of drug-likeness (QED) is 0.728. The van der Waals surface area contributed by atoms with E-state index < -0.39 is 0 Å². The fourth-order valence-electron chi connectivity index (χ4n) is 2.60. The van der Waals surface area contributed by atoms with Crippen LogP contribution in [0.2, 0.25) is 0 Å². The van der Waals surface area contributed by atoms with Crippen LogP contribution in [-0.2, 0) is 9.53 Å². The highest BCUT2D eigenvalue weighted by atomic mass is 79.9. The van der Waals surface area contributed by atoms with Gasteiger partial charge in [-0.1, -0.05) is 15.9 Å². The van der Waals surface area contributed by atoms with Crippen molar-refractivity contribution >= 4 is 21.8 Å². The fraction of sp³-hybridized carbons (Fsp3) is 0.917. The second-order valence-corrected chi connectivity index (χ2v) is 5.43. The first kappa shape index (κ1) is 13.3. The average Bonchev–Trinajstić information content (AvgIpc) is 2.40. The third kappa shape index (κ3) is 3.93. The van der Waals surface area contributed by atoms with E-state index in [0.29, 0.717) is 5.33 Å². The monoisotopic (exact) mass is 304 g/mol. The number of hydrogen-bond acceptors (Lipinski definition) is 3. The van der Waals surface area contributed by atoms with E-state index in [0.717, 1.165) is 58.2 Å². The van der Waals surface area contributed by atoms with E-state index >= 15 is 0 Å². The van der Waals surface area contributed by atoms with Crippen LogP contribution < -0.4 is 0 Å². The summed E-state index contributed by atoms with van der Waals surface area (Å²) in [6.45, 7) is 6.93. The van der Waals surface area contributed by atoms with Crippen molar-refractivity contribution in [2.24, 2.45) is 5.92 Å². The van der Waals surface area contributed by atoms with Crippen LogP contribution in [0.1, 0.15) is 12.8 Å². The zero-order valence-corrected chi connectivity index (χ0v) is 11.8. The van der Waals surface area contributed by atoms with E-state index in [4.69, 9.17) is 4.74 Å². The molecule has 2 saturated heterocycles. The Kier molecular flexibility index (Phi) is 5.25. The summed E-state index contributed by atoms with van der Waals surface area (Å²) in [6.07, 6.45) is 2.30. The Morgan fingerprint density at radius 2 is 1.82 bits per heavy atom. The Hall–Kier alpha value is -0.130. The molecule has 2 fully saturated rings. The number of likely N-dealkylation sites (tertiary alicyclic amines) is 1. The largest absolute Gasteiger partial charge is 0.379 e. The van der Waals surface area contributed by atoms with Gasteiger partial charge in [0.15, 0.2) is 0 Å². The number of ether oxygens (including phenoxy) is 1. The molecule has 0 aliphatic carbocycles. The van der Waals surface area contributed by atoms with Crippen molar-refractivity contribution in [2.75, 3.05) is 51.3 Å². The van der Waals surface area contributed by atoms with Crippen LogP contribution in [-0.4, -0.2) is 67.0 Å². The summed E-state index contributed by atoms with van der Waals surface area (Å²) >= 11 is 3.23. The number of piperidine rings is 1. The first-order chi connectivity index (χ1) is 8.29. The minimum absolute atomic E-state index is 0.231. The Bertz CT molecular complexity index is 249. The van der Waals surface area contributed by atoms with Crippen LogP contribution in [0.4, 0.5) is 0 Å². The van der Waals surface area contributed by atoms with Crippen molar-refractivity contribution < 1.29 is 9.53 Å². The number of hydrogen-bond donors (Lipinski definition) is 0. The number of carbonyl (C=O) groups excluding carboxylic acids is 1. The summed E-state index contributed by atoms with van der Waals surface area (Å²) in [6, 6.07) is 0. The SMILES string of the molecule is O=C(CBr)N1CCC(CN2CCOCC2)CC1. The second-order valence-electron chi connectivity index (χ2n) is 4.87. The molecule has 98 valence electrons. The average molecular weight is 305 g/mol. The summed E-state index contributed by atoms with van der Waals surface area (Å²) in [5, 5.41) is 0.459. The third-order valence-corrected chi connectivity index (χ3v) is 4.18. The van der Waals surface area contributed by atoms with E-state index in [-0.39, 0.29) is 5.91 Å². The first-order valence-corrected chi connectivity index (χ1v) is 7.55. The van der Waals surface area contributed by atoms with Crippen molar-refractivity contribution in [3.05, 3.63) is 0 Å². The molecule has 2 aliphatic heterocycles. The topological polar surface area (TPSA) is 32.8 Å². The first-order valence-electron chi connectivity index (χ1n) is 6.43. The molecule has 4 nitrogen and oxygen atoms in total. The molecule has 0 aromatic heterocycles. The molecular weight excluding hydrogens is 284 g/mol. The summed E-state index contributed by atoms with van der Waals surface area (Å²) in [5.41, 5.74) is 0. The van der Waals surface area contributed by atoms with Crippen molar-refractivity contribution in [1.82, 2.24) is 9.80 Å². The number of halogens is 1. The molecule has 1 amide bonds. The van der Waals surface area contributed by atoms with E-state index in [9.17, 15) is 4.79 Å². The number of amides is 1. The highest BCUT2D eigenvalue weighted by Crippen LogP contribution is 2.19. The van der Waals surface area contributed by atoms with Crippen LogP contribution in [0.3, 0.4) is 0 Å². The van der Waals surface area contributed by atoms with Gasteiger partial charge in [-0.25, -0.2) is 0 Å². The highest BCUT2D eigenvalue weighted by molar-refractivity contribution is 9.09. The van der Waals surface area contributed by atoms with Crippen molar-refractivity contribution in [3.8, 4) is 0 Å². The maximum absolute atomic E-state index is 11.5. The molecule has 0 saturated carbocycles. The van der Waals surface area contributed by atoms with Gasteiger partial charge in [-0.2, -0.15) is 0 Å². The van der Waals surface area contributed by atoms with E-state index in [1.165, 1.54) is 6.54 Å². The molecule has 5 heteroatoms. The van der Waals surface area contributed by atoms with Crippen LogP contribution >= 0.6 is 15.9 Å². The van der Waals surface area contributed by atoms with Gasteiger partial charge in [0.25, 0.3) is 0 Å². The lowest BCUT2D eigenvalue weighted by atomic mass is 9.96. The molecule has 0 radical (unpaired) electrons. The van der Waals surface area contributed by atoms with Crippen molar-refractivity contribution in [2.45, 2.75) is 12.8 Å². The maximum atomic E-state index is 11.5. The van der Waals surface area contributed by atoms with E-state index in [1.54, 1.807) is 0 Å². The molecular formula is C12H21BrN2O2. The number of nitrogens with zero attached hydrogens (tertiary/aromatic N) is 2. The zero-order valence-electron chi connectivity index (χ0n) is 10.2. The summed E-state index contributed by atoms with van der Waals surface area (Å²) < 4.78 is 5.35. The Labute approximate surface area is 111 Å². The predicted molar refractivity (Wildman–Crippen MR) is 70.4 cm³/mol. The van der Waals surface area contributed by atoms with Crippen LogP contribution in [0, 0.1) is 5.92 Å². The molecule has 0 aromatic carbocycles. The molecule has 17 heavy (non-hydrogen) atoms. The number of rotatable bonds is 3. The molecule has 2 rings (SSSR count). The Morgan fingerprint density at radius 3 is 2.41 bits per heavy atom. The Balaban J connectivity index is 1.69. The normalized spacial score (nSPS) is 23.9. The maximum Gasteiger partial charge on any atom is 0.233 e. The van der Waals surface area contributed by atoms with Crippen molar-refractivity contribution in [1.29, 1.82) is 0 Å². The highest BCUT2D eigenvalue weighted by Gasteiger charge is 2.24. The van der Waals surface area contributed by atoms with Gasteiger partial charge in [0.1, 0.15) is 0 Å². The smallest absolute Gasteiger partial charge is 0.233 e. The van der Waals surface area contributed by atoms with Gasteiger partial charge in [0.2, 0.25) is 5.91 Å². The molecule has 0 bridgehead atoms. The molecule has 2 aliphatic rings. The predicted octanol–water partition coefficient (Wildman–Crippen LogP) is 0.952. The van der Waals surface area contributed by atoms with Gasteiger partial charge >= 0.3 is 0 Å². The van der Waals surface area contributed by atoms with E-state index in [1.807, 2.05) is 4.90 Å². The second kappa shape index (κ2) is 6.71. The van der Waals surface area contributed by atoms with Crippen LogP contribution in [0.5, 0.6) is 0 Å². The molecule has 0 atom stereocenters. The van der Waals surface area contributed by atoms with Gasteiger partial charge in [-0.3, -0.25) is 9.69 Å². The van der Waals surface area contributed by atoms with Crippen LogP contribution in [0.15, 0.2) is 0 Å². The van der Waals surface area contributed by atoms with Gasteiger partial charge < -0.3 is 9.64 Å². The summed E-state index contributed by atoms with van der Waals surface area (Å²) in [5.74, 6) is 0.988. The third-order valence-electron chi connectivity index (χ3n) is 3.70. The molecule has 0 N–H and O–H groups in total. The van der Waals surface area contributed by atoms with Crippen molar-refractivity contribution in [3.63, 3.8) is 0 Å². The fourth-order valence-corrected chi connectivity index (χ4v) is 2.95. The molecule has 0 spiro atoms. The number of alkyl halides is 1. The van der Waals surface area contributed by atoms with Gasteiger partial charge in [-0.05, 0) is 18.8 Å². The van der Waals surface area contributed by atoms with E-state index in [2.05, 4.69) is 20.8 Å². The molecule has 0 aromatic rings. The summed E-state index contributed by atoms with van der Waals surface area (Å²) in [7, 11) is 0. The number of morpholine rings is 1. The lowest BCUT2D eigenvalue weighted by molar-refractivity contribution is -0.129. The molecule has 2 heterocycles. The zero-order chi connectivity index (χ0) is 12.1. The number of carbonyl (C=O) groups is 1. The standard InChI is InChI=1S/C12H21BrN2O2/c13-9-12(16)15-3-1-11(2-4-15)10-14-5-7-17-8-6-14/h11H,1-10H2. The lowest BCUT2D eigenvalue weighted by Crippen LogP contribution is -2.44. The minimum Gasteiger partial charge on any atom is -0.379 e. The van der Waals surface area contributed by atoms with Crippen LogP contribution in [0.25, 0.3) is 0 Å². The van der Waals surface area contributed by atoms with Gasteiger partial charge in [-0.15, -0.1) is 0 Å². The summed E-state index contributed by atoms with van der Waals surface area (Å²) in [4.78, 5) is 16.0. The molecule has 0 unspecified atom stereocenters. The Morgan fingerprint density at radius 1 is 1.18 bits per heavy atom. The van der Waals surface area contributed by atoms with Gasteiger partial charge in [0, 0.05) is 32.7 Å².